The largest absolute Gasteiger partial charge is 0.469 e. The van der Waals surface area contributed by atoms with E-state index in [0.717, 1.165) is 0 Å². The Balaban J connectivity index is 1.90. The second-order valence-corrected chi connectivity index (χ2v) is 4.95. The van der Waals surface area contributed by atoms with Crippen LogP contribution in [0.4, 0.5) is 5.13 Å². The molecule has 1 aromatic rings. The Morgan fingerprint density at radius 1 is 1.63 bits per heavy atom. The van der Waals surface area contributed by atoms with Crippen LogP contribution >= 0.6 is 11.3 Å². The standard InChI is InChI=1S/C11H13N3O4S/c1-18-9(16)3-7-5-19-11(13-7)14-10(17)6-2-8(15)12-4-6/h5-6H,2-4H2,1H3,(H,12,15)(H,13,14,17)/t6-/m0/s1. The summed E-state index contributed by atoms with van der Waals surface area (Å²) in [6, 6.07) is 0. The normalized spacial score (nSPS) is 17.9. The number of carbonyl (C=O) groups is 3. The Kier molecular flexibility index (Phi) is 4.10. The summed E-state index contributed by atoms with van der Waals surface area (Å²) < 4.78 is 4.53. The van der Waals surface area contributed by atoms with Crippen molar-refractivity contribution in [2.75, 3.05) is 19.0 Å². The number of rotatable bonds is 4. The molecule has 2 amide bonds. The summed E-state index contributed by atoms with van der Waals surface area (Å²) in [5.41, 5.74) is 0.549. The Bertz CT molecular complexity index is 514. The van der Waals surface area contributed by atoms with Crippen LogP contribution in [0.2, 0.25) is 0 Å². The van der Waals surface area contributed by atoms with Crippen molar-refractivity contribution < 1.29 is 19.1 Å². The summed E-state index contributed by atoms with van der Waals surface area (Å²) in [5.74, 6) is -1.10. The molecule has 19 heavy (non-hydrogen) atoms. The third-order valence-electron chi connectivity index (χ3n) is 2.68. The van der Waals surface area contributed by atoms with Gasteiger partial charge in [0.05, 0.1) is 25.1 Å². The highest BCUT2D eigenvalue weighted by Crippen LogP contribution is 2.18. The average Bonchev–Trinajstić information content (AvgIpc) is 2.98. The number of nitrogens with zero attached hydrogens (tertiary/aromatic N) is 1. The Labute approximate surface area is 113 Å². The van der Waals surface area contributed by atoms with Crippen LogP contribution in [-0.2, 0) is 25.5 Å². The van der Waals surface area contributed by atoms with Crippen LogP contribution in [0.1, 0.15) is 12.1 Å². The quantitative estimate of drug-likeness (QED) is 0.754. The lowest BCUT2D eigenvalue weighted by Crippen LogP contribution is -2.24. The molecule has 0 unspecified atom stereocenters. The van der Waals surface area contributed by atoms with Gasteiger partial charge in [0, 0.05) is 18.3 Å². The molecule has 0 aromatic carbocycles. The predicted octanol–water partition coefficient (Wildman–Crippen LogP) is -0.0668. The van der Waals surface area contributed by atoms with E-state index in [4.69, 9.17) is 0 Å². The summed E-state index contributed by atoms with van der Waals surface area (Å²) in [5, 5.41) is 7.34. The van der Waals surface area contributed by atoms with Gasteiger partial charge in [-0.1, -0.05) is 0 Å². The number of nitrogens with one attached hydrogen (secondary N) is 2. The molecule has 0 saturated carbocycles. The van der Waals surface area contributed by atoms with Gasteiger partial charge in [0.1, 0.15) is 0 Å². The van der Waals surface area contributed by atoms with Crippen molar-refractivity contribution in [3.8, 4) is 0 Å². The number of hydrogen-bond acceptors (Lipinski definition) is 6. The maximum atomic E-state index is 11.8. The van der Waals surface area contributed by atoms with E-state index < -0.39 is 0 Å². The number of anilines is 1. The van der Waals surface area contributed by atoms with Crippen LogP contribution in [0.25, 0.3) is 0 Å². The molecular weight excluding hydrogens is 270 g/mol. The maximum Gasteiger partial charge on any atom is 0.311 e. The summed E-state index contributed by atoms with van der Waals surface area (Å²) in [7, 11) is 1.31. The predicted molar refractivity (Wildman–Crippen MR) is 67.6 cm³/mol. The van der Waals surface area contributed by atoms with Gasteiger partial charge < -0.3 is 15.4 Å². The number of methoxy groups -OCH3 is 1. The number of amides is 2. The summed E-state index contributed by atoms with van der Waals surface area (Å²) in [6.07, 6.45) is 0.276. The van der Waals surface area contributed by atoms with Crippen LogP contribution in [0.3, 0.4) is 0 Å². The molecule has 2 rings (SSSR count). The smallest absolute Gasteiger partial charge is 0.311 e. The van der Waals surface area contributed by atoms with E-state index in [1.807, 2.05) is 0 Å². The van der Waals surface area contributed by atoms with E-state index in [9.17, 15) is 14.4 Å². The number of hydrogen-bond donors (Lipinski definition) is 2. The van der Waals surface area contributed by atoms with Gasteiger partial charge in [-0.2, -0.15) is 0 Å². The van der Waals surface area contributed by atoms with Crippen molar-refractivity contribution in [1.29, 1.82) is 0 Å². The molecule has 0 aliphatic carbocycles. The Morgan fingerprint density at radius 3 is 3.05 bits per heavy atom. The first kappa shape index (κ1) is 13.5. The fourth-order valence-electron chi connectivity index (χ4n) is 1.66. The molecule has 1 saturated heterocycles. The molecule has 8 heteroatoms. The molecule has 0 spiro atoms. The fourth-order valence-corrected chi connectivity index (χ4v) is 2.38. The van der Waals surface area contributed by atoms with E-state index in [1.54, 1.807) is 5.38 Å². The molecule has 7 nitrogen and oxygen atoms in total. The zero-order valence-corrected chi connectivity index (χ0v) is 11.1. The molecule has 102 valence electrons. The van der Waals surface area contributed by atoms with Gasteiger partial charge in [-0.15, -0.1) is 11.3 Å². The molecule has 0 radical (unpaired) electrons. The van der Waals surface area contributed by atoms with Crippen LogP contribution in [0.5, 0.6) is 0 Å². The van der Waals surface area contributed by atoms with E-state index in [2.05, 4.69) is 20.4 Å². The lowest BCUT2D eigenvalue weighted by atomic mass is 10.1. The van der Waals surface area contributed by atoms with Crippen molar-refractivity contribution in [1.82, 2.24) is 10.3 Å². The van der Waals surface area contributed by atoms with Crippen LogP contribution in [0.15, 0.2) is 5.38 Å². The average molecular weight is 283 g/mol. The highest BCUT2D eigenvalue weighted by Gasteiger charge is 2.28. The van der Waals surface area contributed by atoms with Gasteiger partial charge in [0.25, 0.3) is 0 Å². The highest BCUT2D eigenvalue weighted by atomic mass is 32.1. The monoisotopic (exact) mass is 283 g/mol. The highest BCUT2D eigenvalue weighted by molar-refractivity contribution is 7.13. The topological polar surface area (TPSA) is 97.4 Å². The maximum absolute atomic E-state index is 11.8. The number of aromatic nitrogens is 1. The lowest BCUT2D eigenvalue weighted by molar-refractivity contribution is -0.139. The zero-order valence-electron chi connectivity index (χ0n) is 10.3. The molecule has 1 fully saturated rings. The van der Waals surface area contributed by atoms with E-state index in [1.165, 1.54) is 18.4 Å². The van der Waals surface area contributed by atoms with Gasteiger partial charge in [-0.25, -0.2) is 4.98 Å². The first-order valence-electron chi connectivity index (χ1n) is 5.67. The van der Waals surface area contributed by atoms with Crippen LogP contribution in [0, 0.1) is 5.92 Å². The van der Waals surface area contributed by atoms with Crippen molar-refractivity contribution >= 4 is 34.3 Å². The number of esters is 1. The molecule has 1 aliphatic rings. The van der Waals surface area contributed by atoms with Crippen molar-refractivity contribution in [3.63, 3.8) is 0 Å². The first-order chi connectivity index (χ1) is 9.08. The van der Waals surface area contributed by atoms with Crippen molar-refractivity contribution in [2.24, 2.45) is 5.92 Å². The van der Waals surface area contributed by atoms with Gasteiger partial charge in [-0.3, -0.25) is 14.4 Å². The van der Waals surface area contributed by atoms with Gasteiger partial charge >= 0.3 is 5.97 Å². The number of ether oxygens (including phenoxy) is 1. The van der Waals surface area contributed by atoms with Crippen LogP contribution < -0.4 is 10.6 Å². The fraction of sp³-hybridized carbons (Fsp3) is 0.455. The van der Waals surface area contributed by atoms with Crippen molar-refractivity contribution in [3.05, 3.63) is 11.1 Å². The SMILES string of the molecule is COC(=O)Cc1csc(NC(=O)[C@@H]2CNC(=O)C2)n1. The minimum absolute atomic E-state index is 0.0757. The molecule has 2 N–H and O–H groups in total. The Morgan fingerprint density at radius 2 is 2.42 bits per heavy atom. The third kappa shape index (κ3) is 3.50. The van der Waals surface area contributed by atoms with E-state index >= 15 is 0 Å². The molecule has 1 atom stereocenters. The Hall–Kier alpha value is -1.96. The summed E-state index contributed by atoms with van der Waals surface area (Å²) in [6.45, 7) is 0.352. The molecule has 0 bridgehead atoms. The second kappa shape index (κ2) is 5.79. The van der Waals surface area contributed by atoms with Gasteiger partial charge in [0.15, 0.2) is 5.13 Å². The molecule has 1 aliphatic heterocycles. The van der Waals surface area contributed by atoms with Crippen molar-refractivity contribution in [2.45, 2.75) is 12.8 Å². The second-order valence-electron chi connectivity index (χ2n) is 4.09. The third-order valence-corrected chi connectivity index (χ3v) is 3.49. The minimum atomic E-state index is -0.381. The lowest BCUT2D eigenvalue weighted by Gasteiger charge is -2.05. The summed E-state index contributed by atoms with van der Waals surface area (Å²) in [4.78, 5) is 38.0. The molecule has 1 aromatic heterocycles. The molecule has 2 heterocycles. The first-order valence-corrected chi connectivity index (χ1v) is 6.55. The van der Waals surface area contributed by atoms with E-state index in [-0.39, 0.29) is 36.5 Å². The van der Waals surface area contributed by atoms with Gasteiger partial charge in [-0.05, 0) is 0 Å². The van der Waals surface area contributed by atoms with E-state index in [0.29, 0.717) is 17.4 Å². The van der Waals surface area contributed by atoms with Gasteiger partial charge in [0.2, 0.25) is 11.8 Å². The number of carbonyl (C=O) groups excluding carboxylic acids is 3. The minimum Gasteiger partial charge on any atom is -0.469 e. The van der Waals surface area contributed by atoms with Crippen LogP contribution in [-0.4, -0.2) is 36.4 Å². The summed E-state index contributed by atoms with van der Waals surface area (Å²) >= 11 is 1.23. The molecular formula is C11H13N3O4S. The zero-order chi connectivity index (χ0) is 13.8. The number of thiazole rings is 1.